The number of hydrogen-bond acceptors (Lipinski definition) is 8. The van der Waals surface area contributed by atoms with Crippen molar-refractivity contribution >= 4 is 34.9 Å². The van der Waals surface area contributed by atoms with Crippen LogP contribution in [0.1, 0.15) is 64.6 Å². The number of ether oxygens (including phenoxy) is 1. The van der Waals surface area contributed by atoms with Gasteiger partial charge in [-0.25, -0.2) is 4.79 Å². The molecule has 2 aliphatic heterocycles. The molecule has 0 aromatic heterocycles. The van der Waals surface area contributed by atoms with Gasteiger partial charge >= 0.3 is 5.97 Å². The summed E-state index contributed by atoms with van der Waals surface area (Å²) in [4.78, 5) is 43.1. The van der Waals surface area contributed by atoms with E-state index in [1.165, 1.54) is 0 Å². The summed E-state index contributed by atoms with van der Waals surface area (Å²) in [7, 11) is 5.26. The van der Waals surface area contributed by atoms with E-state index >= 15 is 0 Å². The van der Waals surface area contributed by atoms with Crippen LogP contribution in [0.15, 0.2) is 24.3 Å². The maximum Gasteiger partial charge on any atom is 0.341 e. The van der Waals surface area contributed by atoms with Crippen molar-refractivity contribution in [3.8, 4) is 5.75 Å². The first kappa shape index (κ1) is 29.9. The van der Waals surface area contributed by atoms with Gasteiger partial charge in [0.2, 0.25) is 0 Å². The van der Waals surface area contributed by atoms with Gasteiger partial charge in [0.25, 0.3) is 5.91 Å². The van der Waals surface area contributed by atoms with Crippen LogP contribution in [-0.4, -0.2) is 92.1 Å². The zero-order chi connectivity index (χ0) is 30.2. The molecule has 41 heavy (non-hydrogen) atoms. The second-order valence-corrected chi connectivity index (χ2v) is 11.8. The monoisotopic (exact) mass is 565 g/mol. The number of carboxylic acid groups (broad SMARTS) is 1. The molecule has 0 radical (unpaired) electrons. The number of carbonyl (C=O) groups is 3. The maximum absolute atomic E-state index is 13.8. The van der Waals surface area contributed by atoms with E-state index in [0.29, 0.717) is 59.7 Å². The summed E-state index contributed by atoms with van der Waals surface area (Å²) in [5, 5.41) is 31.0. The molecule has 0 bridgehead atoms. The molecule has 220 valence electrons. The molecule has 0 saturated carbocycles. The van der Waals surface area contributed by atoms with Crippen LogP contribution in [0.4, 0.5) is 11.4 Å². The van der Waals surface area contributed by atoms with Crippen LogP contribution in [0.2, 0.25) is 0 Å². The SMILES string of the molecule is CNC(=O)c1cc2c(cc1N(C)C)CN(CC(=O)c1cc(N3CCC(O)C3)c(OCC(=O)O)c(C(C)(C)C)c1)C2=N. The zero-order valence-corrected chi connectivity index (χ0v) is 24.5. The van der Waals surface area contributed by atoms with Crippen LogP contribution >= 0.6 is 0 Å². The number of anilines is 2. The fourth-order valence-corrected chi connectivity index (χ4v) is 5.34. The summed E-state index contributed by atoms with van der Waals surface area (Å²) in [6, 6.07) is 7.05. The normalized spacial score (nSPS) is 16.6. The van der Waals surface area contributed by atoms with Crippen LogP contribution in [0.3, 0.4) is 0 Å². The molecule has 0 spiro atoms. The first-order valence-corrected chi connectivity index (χ1v) is 13.6. The number of nitrogens with zero attached hydrogens (tertiary/aromatic N) is 3. The molecule has 1 atom stereocenters. The molecule has 1 fully saturated rings. The third-order valence-corrected chi connectivity index (χ3v) is 7.49. The number of benzene rings is 2. The Labute approximate surface area is 240 Å². The second kappa shape index (κ2) is 11.4. The van der Waals surface area contributed by atoms with Gasteiger partial charge < -0.3 is 35.0 Å². The average Bonchev–Trinajstić information content (AvgIpc) is 3.47. The molecule has 11 heteroatoms. The number of carboxylic acids is 1. The third kappa shape index (κ3) is 6.14. The van der Waals surface area contributed by atoms with E-state index in [2.05, 4.69) is 5.32 Å². The molecule has 11 nitrogen and oxygen atoms in total. The maximum atomic E-state index is 13.8. The molecule has 0 aliphatic carbocycles. The van der Waals surface area contributed by atoms with E-state index in [4.69, 9.17) is 10.1 Å². The third-order valence-electron chi connectivity index (χ3n) is 7.49. The number of ketones is 1. The lowest BCUT2D eigenvalue weighted by Crippen LogP contribution is -2.31. The van der Waals surface area contributed by atoms with Gasteiger partial charge in [-0.2, -0.15) is 0 Å². The molecule has 1 unspecified atom stereocenters. The molecular weight excluding hydrogens is 526 g/mol. The number of rotatable bonds is 9. The van der Waals surface area contributed by atoms with Crippen LogP contribution in [0, 0.1) is 5.41 Å². The smallest absolute Gasteiger partial charge is 0.341 e. The topological polar surface area (TPSA) is 147 Å². The van der Waals surface area contributed by atoms with Crippen molar-refractivity contribution in [2.75, 3.05) is 57.2 Å². The number of nitrogens with one attached hydrogen (secondary N) is 2. The van der Waals surface area contributed by atoms with E-state index < -0.39 is 24.1 Å². The molecule has 2 heterocycles. The molecule has 1 amide bonds. The van der Waals surface area contributed by atoms with Gasteiger partial charge in [-0.1, -0.05) is 20.8 Å². The minimum absolute atomic E-state index is 0.0545. The first-order valence-electron chi connectivity index (χ1n) is 13.6. The lowest BCUT2D eigenvalue weighted by molar-refractivity contribution is -0.139. The summed E-state index contributed by atoms with van der Waals surface area (Å²) in [5.74, 6) is -1.01. The van der Waals surface area contributed by atoms with Crippen molar-refractivity contribution in [3.05, 3.63) is 52.1 Å². The van der Waals surface area contributed by atoms with Crippen molar-refractivity contribution in [2.45, 2.75) is 45.3 Å². The van der Waals surface area contributed by atoms with Crippen molar-refractivity contribution < 1.29 is 29.3 Å². The molecular formula is C30H39N5O6. The number of amides is 1. The van der Waals surface area contributed by atoms with Crippen LogP contribution in [0.5, 0.6) is 5.75 Å². The number of carbonyl (C=O) groups excluding carboxylic acids is 2. The number of aliphatic carboxylic acids is 1. The second-order valence-electron chi connectivity index (χ2n) is 11.8. The molecule has 2 aliphatic rings. The molecule has 1 saturated heterocycles. The summed E-state index contributed by atoms with van der Waals surface area (Å²) in [5.41, 5.74) is 3.85. The van der Waals surface area contributed by atoms with Crippen LogP contribution < -0.4 is 19.9 Å². The first-order chi connectivity index (χ1) is 19.2. The van der Waals surface area contributed by atoms with Crippen molar-refractivity contribution in [1.29, 1.82) is 5.41 Å². The highest BCUT2D eigenvalue weighted by molar-refractivity contribution is 6.08. The lowest BCUT2D eigenvalue weighted by Gasteiger charge is -2.29. The highest BCUT2D eigenvalue weighted by Crippen LogP contribution is 2.42. The summed E-state index contributed by atoms with van der Waals surface area (Å²) >= 11 is 0. The van der Waals surface area contributed by atoms with Crippen molar-refractivity contribution in [2.24, 2.45) is 0 Å². The summed E-state index contributed by atoms with van der Waals surface area (Å²) in [6.45, 7) is 6.55. The fourth-order valence-electron chi connectivity index (χ4n) is 5.34. The Morgan fingerprint density at radius 1 is 1.17 bits per heavy atom. The Hall–Kier alpha value is -4.12. The molecule has 4 rings (SSSR count). The minimum Gasteiger partial charge on any atom is -0.479 e. The number of aliphatic hydroxyl groups excluding tert-OH is 1. The molecule has 2 aromatic rings. The zero-order valence-electron chi connectivity index (χ0n) is 24.5. The van der Waals surface area contributed by atoms with Gasteiger partial charge in [-0.3, -0.25) is 15.0 Å². The van der Waals surface area contributed by atoms with Crippen LogP contribution in [-0.2, 0) is 16.8 Å². The van der Waals surface area contributed by atoms with Gasteiger partial charge in [0.15, 0.2) is 12.4 Å². The Morgan fingerprint density at radius 2 is 1.88 bits per heavy atom. The van der Waals surface area contributed by atoms with E-state index in [-0.39, 0.29) is 24.1 Å². The predicted octanol–water partition coefficient (Wildman–Crippen LogP) is 2.47. The Morgan fingerprint density at radius 3 is 2.44 bits per heavy atom. The number of β-amino-alcohol motifs (C(OH)–C–C–N with tert-alkyl or cyclic N) is 1. The summed E-state index contributed by atoms with van der Waals surface area (Å²) < 4.78 is 5.79. The Kier molecular flexibility index (Phi) is 8.30. The molecule has 4 N–H and O–H groups in total. The van der Waals surface area contributed by atoms with E-state index in [1.54, 1.807) is 30.1 Å². The minimum atomic E-state index is -1.11. The largest absolute Gasteiger partial charge is 0.479 e. The van der Waals surface area contributed by atoms with Crippen LogP contribution in [0.25, 0.3) is 0 Å². The summed E-state index contributed by atoms with van der Waals surface area (Å²) in [6.07, 6.45) is 0.0208. The predicted molar refractivity (Wildman–Crippen MR) is 157 cm³/mol. The number of amidine groups is 1. The van der Waals surface area contributed by atoms with Gasteiger partial charge in [-0.05, 0) is 41.7 Å². The number of hydrogen-bond donors (Lipinski definition) is 4. The van der Waals surface area contributed by atoms with Gasteiger partial charge in [0.1, 0.15) is 11.6 Å². The fraction of sp³-hybridized carbons (Fsp3) is 0.467. The molecule has 2 aromatic carbocycles. The van der Waals surface area contributed by atoms with E-state index in [1.807, 2.05) is 50.7 Å². The van der Waals surface area contributed by atoms with E-state index in [0.717, 1.165) is 11.3 Å². The van der Waals surface area contributed by atoms with Gasteiger partial charge in [0, 0.05) is 63.2 Å². The Bertz CT molecular complexity index is 1400. The van der Waals surface area contributed by atoms with E-state index in [9.17, 15) is 24.6 Å². The average molecular weight is 566 g/mol. The standard InChI is InChI=1S/C30H39N5O6/c1-30(2,3)22-9-17(10-24(27(22)41-16-26(38)39)34-8-7-19(36)14-34)25(37)15-35-13-18-11-23(33(5)6)21(29(40)32-4)12-20(18)28(35)31/h9-12,19,31,36H,7-8,13-16H2,1-6H3,(H,32,40)(H,38,39). The van der Waals surface area contributed by atoms with Crippen molar-refractivity contribution in [1.82, 2.24) is 10.2 Å². The van der Waals surface area contributed by atoms with Gasteiger partial charge in [0.05, 0.1) is 23.9 Å². The lowest BCUT2D eigenvalue weighted by atomic mass is 9.84. The number of aliphatic hydroxyl groups is 1. The number of fused-ring (bicyclic) bond motifs is 1. The number of Topliss-reactive ketones (excluding diaryl/α,β-unsaturated/α-hetero) is 1. The highest BCUT2D eigenvalue weighted by atomic mass is 16.5. The Balaban J connectivity index is 1.69. The van der Waals surface area contributed by atoms with Crippen molar-refractivity contribution in [3.63, 3.8) is 0 Å². The highest BCUT2D eigenvalue weighted by Gasteiger charge is 2.32. The van der Waals surface area contributed by atoms with Gasteiger partial charge in [-0.15, -0.1) is 0 Å². The quantitative estimate of drug-likeness (QED) is 0.337.